The molecule has 0 saturated heterocycles. The van der Waals surface area contributed by atoms with Crippen LogP contribution in [0.2, 0.25) is 0 Å². The molecular formula is C23H29N5. The highest BCUT2D eigenvalue weighted by atomic mass is 15.1. The topological polar surface area (TPSA) is 53.1 Å². The van der Waals surface area contributed by atoms with Gasteiger partial charge in [-0.05, 0) is 64.2 Å². The van der Waals surface area contributed by atoms with E-state index in [9.17, 15) is 0 Å². The Bertz CT molecular complexity index is 906. The lowest BCUT2D eigenvalue weighted by molar-refractivity contribution is 0.405. The molecule has 0 radical (unpaired) electrons. The van der Waals surface area contributed by atoms with Crippen LogP contribution in [0.1, 0.15) is 17.5 Å². The third kappa shape index (κ3) is 5.54. The van der Waals surface area contributed by atoms with Gasteiger partial charge in [0.25, 0.3) is 0 Å². The van der Waals surface area contributed by atoms with Crippen LogP contribution < -0.4 is 10.6 Å². The maximum absolute atomic E-state index is 4.72. The van der Waals surface area contributed by atoms with E-state index in [2.05, 4.69) is 78.8 Å². The average molecular weight is 376 g/mol. The minimum atomic E-state index is 0.645. The first-order valence-corrected chi connectivity index (χ1v) is 9.68. The van der Waals surface area contributed by atoms with E-state index in [0.717, 1.165) is 42.3 Å². The molecule has 0 unspecified atom stereocenters. The monoisotopic (exact) mass is 375 g/mol. The second-order valence-corrected chi connectivity index (χ2v) is 7.34. The predicted molar refractivity (Wildman–Crippen MR) is 118 cm³/mol. The third-order valence-corrected chi connectivity index (χ3v) is 4.64. The van der Waals surface area contributed by atoms with Gasteiger partial charge in [0.1, 0.15) is 5.82 Å². The second kappa shape index (κ2) is 9.33. The maximum Gasteiger partial charge on any atom is 0.225 e. The Labute approximate surface area is 167 Å². The molecule has 0 atom stereocenters. The fraction of sp³-hybridized carbons (Fsp3) is 0.304. The maximum atomic E-state index is 4.72. The Morgan fingerprint density at radius 1 is 0.893 bits per heavy atom. The van der Waals surface area contributed by atoms with Crippen molar-refractivity contribution in [2.24, 2.45) is 0 Å². The first kappa shape index (κ1) is 19.8. The lowest BCUT2D eigenvalue weighted by Crippen LogP contribution is -2.17. The predicted octanol–water partition coefficient (Wildman–Crippen LogP) is 4.87. The summed E-state index contributed by atoms with van der Waals surface area (Å²) in [5.74, 6) is 1.43. The summed E-state index contributed by atoms with van der Waals surface area (Å²) in [6.45, 7) is 6.10. The summed E-state index contributed by atoms with van der Waals surface area (Å²) >= 11 is 0. The molecule has 0 spiro atoms. The number of rotatable bonds is 8. The van der Waals surface area contributed by atoms with E-state index in [1.165, 1.54) is 11.1 Å². The standard InChI is InChI=1S/C23H29N5/c1-17-11-12-20(15-18(17)2)25-22-16-21(19-9-6-5-7-10-19)26-23(27-22)24-13-8-14-28(3)4/h5-7,9-12,15-16H,8,13-14H2,1-4H3,(H2,24,25,26,27). The SMILES string of the molecule is Cc1ccc(Nc2cc(-c3ccccc3)nc(NCCCN(C)C)n2)cc1C. The number of aryl methyl sites for hydroxylation is 2. The van der Waals surface area contributed by atoms with Crippen LogP contribution >= 0.6 is 0 Å². The largest absolute Gasteiger partial charge is 0.354 e. The molecule has 5 heteroatoms. The molecule has 1 heterocycles. The Balaban J connectivity index is 1.85. The normalized spacial score (nSPS) is 10.9. The zero-order valence-electron chi connectivity index (χ0n) is 17.2. The minimum absolute atomic E-state index is 0.645. The molecule has 2 N–H and O–H groups in total. The average Bonchev–Trinajstić information content (AvgIpc) is 2.68. The Hall–Kier alpha value is -2.92. The molecule has 5 nitrogen and oxygen atoms in total. The van der Waals surface area contributed by atoms with Crippen LogP contribution in [0.4, 0.5) is 17.5 Å². The smallest absolute Gasteiger partial charge is 0.225 e. The van der Waals surface area contributed by atoms with Gasteiger partial charge in [-0.15, -0.1) is 0 Å². The molecule has 2 aromatic carbocycles. The minimum Gasteiger partial charge on any atom is -0.354 e. The van der Waals surface area contributed by atoms with E-state index in [0.29, 0.717) is 5.95 Å². The fourth-order valence-corrected chi connectivity index (χ4v) is 2.91. The van der Waals surface area contributed by atoms with Crippen molar-refractivity contribution in [3.05, 3.63) is 65.7 Å². The molecule has 28 heavy (non-hydrogen) atoms. The van der Waals surface area contributed by atoms with Gasteiger partial charge in [-0.1, -0.05) is 36.4 Å². The number of hydrogen-bond donors (Lipinski definition) is 2. The molecule has 146 valence electrons. The highest BCUT2D eigenvalue weighted by molar-refractivity contribution is 5.67. The molecule has 3 rings (SSSR count). The Kier molecular flexibility index (Phi) is 6.61. The second-order valence-electron chi connectivity index (χ2n) is 7.34. The van der Waals surface area contributed by atoms with E-state index < -0.39 is 0 Å². The highest BCUT2D eigenvalue weighted by Gasteiger charge is 2.08. The summed E-state index contributed by atoms with van der Waals surface area (Å²) in [7, 11) is 4.16. The van der Waals surface area contributed by atoms with Crippen molar-refractivity contribution in [3.8, 4) is 11.3 Å². The fourth-order valence-electron chi connectivity index (χ4n) is 2.91. The first-order valence-electron chi connectivity index (χ1n) is 9.68. The van der Waals surface area contributed by atoms with Crippen molar-refractivity contribution in [1.29, 1.82) is 0 Å². The van der Waals surface area contributed by atoms with Crippen LogP contribution in [0.3, 0.4) is 0 Å². The molecule has 0 saturated carbocycles. The summed E-state index contributed by atoms with van der Waals surface area (Å²) in [4.78, 5) is 11.6. The van der Waals surface area contributed by atoms with Crippen LogP contribution in [-0.4, -0.2) is 42.1 Å². The molecule has 0 bridgehead atoms. The molecular weight excluding hydrogens is 346 g/mol. The lowest BCUT2D eigenvalue weighted by Gasteiger charge is -2.13. The molecule has 0 aliphatic heterocycles. The van der Waals surface area contributed by atoms with Crippen LogP contribution in [0.15, 0.2) is 54.6 Å². The lowest BCUT2D eigenvalue weighted by atomic mass is 10.1. The van der Waals surface area contributed by atoms with E-state index >= 15 is 0 Å². The number of nitrogens with one attached hydrogen (secondary N) is 2. The van der Waals surface area contributed by atoms with Crippen LogP contribution in [-0.2, 0) is 0 Å². The summed E-state index contributed by atoms with van der Waals surface area (Å²) in [6.07, 6.45) is 1.03. The highest BCUT2D eigenvalue weighted by Crippen LogP contribution is 2.24. The van der Waals surface area contributed by atoms with Crippen LogP contribution in [0, 0.1) is 13.8 Å². The van der Waals surface area contributed by atoms with Gasteiger partial charge in [-0.3, -0.25) is 0 Å². The number of aromatic nitrogens is 2. The Morgan fingerprint density at radius 3 is 2.39 bits per heavy atom. The van der Waals surface area contributed by atoms with Crippen molar-refractivity contribution in [1.82, 2.24) is 14.9 Å². The van der Waals surface area contributed by atoms with Crippen molar-refractivity contribution >= 4 is 17.5 Å². The van der Waals surface area contributed by atoms with Gasteiger partial charge in [0.05, 0.1) is 5.69 Å². The van der Waals surface area contributed by atoms with Gasteiger partial charge in [-0.25, -0.2) is 4.98 Å². The van der Waals surface area contributed by atoms with E-state index in [4.69, 9.17) is 4.98 Å². The van der Waals surface area contributed by atoms with Gasteiger partial charge >= 0.3 is 0 Å². The molecule has 1 aromatic heterocycles. The molecule has 3 aromatic rings. The number of hydrogen-bond acceptors (Lipinski definition) is 5. The number of benzene rings is 2. The van der Waals surface area contributed by atoms with Gasteiger partial charge in [0, 0.05) is 23.9 Å². The van der Waals surface area contributed by atoms with Gasteiger partial charge < -0.3 is 15.5 Å². The molecule has 0 aliphatic carbocycles. The van der Waals surface area contributed by atoms with Gasteiger partial charge in [0.2, 0.25) is 5.95 Å². The van der Waals surface area contributed by atoms with Crippen molar-refractivity contribution in [2.75, 3.05) is 37.8 Å². The van der Waals surface area contributed by atoms with Crippen LogP contribution in [0.25, 0.3) is 11.3 Å². The summed E-state index contributed by atoms with van der Waals surface area (Å²) < 4.78 is 0. The van der Waals surface area contributed by atoms with Crippen molar-refractivity contribution in [2.45, 2.75) is 20.3 Å². The van der Waals surface area contributed by atoms with Gasteiger partial charge in [-0.2, -0.15) is 4.98 Å². The summed E-state index contributed by atoms with van der Waals surface area (Å²) in [6, 6.07) is 18.5. The first-order chi connectivity index (χ1) is 13.5. The summed E-state index contributed by atoms with van der Waals surface area (Å²) in [5, 5.41) is 6.80. The molecule has 0 fully saturated rings. The van der Waals surface area contributed by atoms with Crippen molar-refractivity contribution in [3.63, 3.8) is 0 Å². The summed E-state index contributed by atoms with van der Waals surface area (Å²) in [5.41, 5.74) is 5.53. The zero-order chi connectivity index (χ0) is 19.9. The number of anilines is 3. The van der Waals surface area contributed by atoms with E-state index in [-0.39, 0.29) is 0 Å². The van der Waals surface area contributed by atoms with E-state index in [1.807, 2.05) is 24.3 Å². The Morgan fingerprint density at radius 2 is 1.68 bits per heavy atom. The van der Waals surface area contributed by atoms with Gasteiger partial charge in [0.15, 0.2) is 0 Å². The molecule has 0 amide bonds. The zero-order valence-corrected chi connectivity index (χ0v) is 17.2. The van der Waals surface area contributed by atoms with Crippen LogP contribution in [0.5, 0.6) is 0 Å². The molecule has 0 aliphatic rings. The van der Waals surface area contributed by atoms with E-state index in [1.54, 1.807) is 0 Å². The third-order valence-electron chi connectivity index (χ3n) is 4.64. The number of nitrogens with zero attached hydrogens (tertiary/aromatic N) is 3. The quantitative estimate of drug-likeness (QED) is 0.550. The van der Waals surface area contributed by atoms with Crippen molar-refractivity contribution < 1.29 is 0 Å².